The number of carbonyl (C=O) groups is 1. The fourth-order valence-corrected chi connectivity index (χ4v) is 3.40. The molecule has 1 atom stereocenters. The van der Waals surface area contributed by atoms with E-state index < -0.39 is 0 Å². The second kappa shape index (κ2) is 6.03. The van der Waals surface area contributed by atoms with E-state index in [-0.39, 0.29) is 11.9 Å². The SMILES string of the molecule is CSCC[C@@H]1NC(=S)N(c2cccc3ccccc23)C1=O. The Bertz CT molecular complexity index is 696. The van der Waals surface area contributed by atoms with Gasteiger partial charge in [-0.15, -0.1) is 0 Å². The summed E-state index contributed by atoms with van der Waals surface area (Å²) in [5.41, 5.74) is 0.863. The number of thiocarbonyl (C=S) groups is 1. The molecule has 1 fully saturated rings. The minimum atomic E-state index is -0.205. The monoisotopic (exact) mass is 316 g/mol. The van der Waals surface area contributed by atoms with Gasteiger partial charge in [0, 0.05) is 5.39 Å². The van der Waals surface area contributed by atoms with Gasteiger partial charge in [-0.05, 0) is 42.1 Å². The smallest absolute Gasteiger partial charge is 0.255 e. The summed E-state index contributed by atoms with van der Waals surface area (Å²) in [6, 6.07) is 13.8. The van der Waals surface area contributed by atoms with Crippen LogP contribution >= 0.6 is 24.0 Å². The first-order valence-corrected chi connectivity index (χ1v) is 8.64. The summed E-state index contributed by atoms with van der Waals surface area (Å²) in [5.74, 6) is 0.987. The van der Waals surface area contributed by atoms with E-state index in [0.717, 1.165) is 28.6 Å². The van der Waals surface area contributed by atoms with Crippen LogP contribution in [0.3, 0.4) is 0 Å². The summed E-state index contributed by atoms with van der Waals surface area (Å²) in [6.07, 6.45) is 2.83. The predicted octanol–water partition coefficient (Wildman–Crippen LogP) is 3.18. The Morgan fingerprint density at radius 2 is 2.00 bits per heavy atom. The van der Waals surface area contributed by atoms with Gasteiger partial charge in [0.25, 0.3) is 5.91 Å². The Morgan fingerprint density at radius 1 is 1.24 bits per heavy atom. The number of thioether (sulfide) groups is 1. The number of amides is 1. The van der Waals surface area contributed by atoms with E-state index in [1.54, 1.807) is 16.7 Å². The maximum Gasteiger partial charge on any atom is 0.255 e. The first-order chi connectivity index (χ1) is 10.2. The molecule has 1 heterocycles. The van der Waals surface area contributed by atoms with Crippen molar-refractivity contribution in [3.05, 3.63) is 42.5 Å². The fourth-order valence-electron chi connectivity index (χ4n) is 2.59. The molecule has 1 aliphatic rings. The van der Waals surface area contributed by atoms with Crippen LogP contribution in [0, 0.1) is 0 Å². The number of benzene rings is 2. The molecule has 0 bridgehead atoms. The predicted molar refractivity (Wildman–Crippen MR) is 94.0 cm³/mol. The number of fused-ring (bicyclic) bond motifs is 1. The molecule has 1 N–H and O–H groups in total. The van der Waals surface area contributed by atoms with Crippen molar-refractivity contribution >= 4 is 51.5 Å². The molecule has 0 spiro atoms. The van der Waals surface area contributed by atoms with Gasteiger partial charge in [0.05, 0.1) is 5.69 Å². The van der Waals surface area contributed by atoms with Crippen LogP contribution in [0.4, 0.5) is 5.69 Å². The molecule has 3 rings (SSSR count). The van der Waals surface area contributed by atoms with Gasteiger partial charge in [0.2, 0.25) is 0 Å². The molecule has 0 saturated carbocycles. The van der Waals surface area contributed by atoms with E-state index in [9.17, 15) is 4.79 Å². The van der Waals surface area contributed by atoms with Gasteiger partial charge in [0.15, 0.2) is 5.11 Å². The van der Waals surface area contributed by atoms with Crippen molar-refractivity contribution < 1.29 is 4.79 Å². The maximum absolute atomic E-state index is 12.6. The van der Waals surface area contributed by atoms with Gasteiger partial charge in [-0.25, -0.2) is 0 Å². The molecule has 2 aromatic carbocycles. The van der Waals surface area contributed by atoms with E-state index in [2.05, 4.69) is 5.32 Å². The molecule has 0 radical (unpaired) electrons. The van der Waals surface area contributed by atoms with Crippen molar-refractivity contribution in [2.45, 2.75) is 12.5 Å². The van der Waals surface area contributed by atoms with E-state index in [1.165, 1.54) is 0 Å². The van der Waals surface area contributed by atoms with Crippen molar-refractivity contribution in [1.29, 1.82) is 0 Å². The van der Waals surface area contributed by atoms with Crippen molar-refractivity contribution in [2.24, 2.45) is 0 Å². The van der Waals surface area contributed by atoms with Crippen LogP contribution < -0.4 is 10.2 Å². The Hall–Kier alpha value is -1.59. The number of nitrogens with zero attached hydrogens (tertiary/aromatic N) is 1. The van der Waals surface area contributed by atoms with Crippen molar-refractivity contribution in [2.75, 3.05) is 16.9 Å². The largest absolute Gasteiger partial charge is 0.350 e. The summed E-state index contributed by atoms with van der Waals surface area (Å²) >= 11 is 7.11. The quantitative estimate of drug-likeness (QED) is 0.878. The third-order valence-electron chi connectivity index (χ3n) is 3.64. The molecule has 0 aliphatic carbocycles. The average molecular weight is 316 g/mol. The third kappa shape index (κ3) is 2.63. The molecule has 2 aromatic rings. The Morgan fingerprint density at radius 3 is 2.81 bits per heavy atom. The number of rotatable bonds is 4. The Balaban J connectivity index is 1.99. The summed E-state index contributed by atoms with van der Waals surface area (Å²) in [6.45, 7) is 0. The summed E-state index contributed by atoms with van der Waals surface area (Å²) in [7, 11) is 0. The highest BCUT2D eigenvalue weighted by atomic mass is 32.2. The zero-order chi connectivity index (χ0) is 14.8. The maximum atomic E-state index is 12.6. The second-order valence-electron chi connectivity index (χ2n) is 4.96. The summed E-state index contributed by atoms with van der Waals surface area (Å²) in [5, 5.41) is 5.80. The van der Waals surface area contributed by atoms with Gasteiger partial charge in [-0.1, -0.05) is 36.4 Å². The lowest BCUT2D eigenvalue weighted by Crippen LogP contribution is -2.31. The summed E-state index contributed by atoms with van der Waals surface area (Å²) < 4.78 is 0. The highest BCUT2D eigenvalue weighted by Gasteiger charge is 2.36. The van der Waals surface area contributed by atoms with Crippen LogP contribution in [0.5, 0.6) is 0 Å². The van der Waals surface area contributed by atoms with Crippen molar-refractivity contribution in [3.63, 3.8) is 0 Å². The molecule has 1 saturated heterocycles. The normalized spacial score (nSPS) is 18.3. The van der Waals surface area contributed by atoms with E-state index in [4.69, 9.17) is 12.2 Å². The first kappa shape index (κ1) is 14.4. The number of carbonyl (C=O) groups excluding carboxylic acids is 1. The second-order valence-corrected chi connectivity index (χ2v) is 6.33. The molecular formula is C16H16N2OS2. The molecule has 3 nitrogen and oxygen atoms in total. The van der Waals surface area contributed by atoms with Gasteiger partial charge in [0.1, 0.15) is 6.04 Å². The molecular weight excluding hydrogens is 300 g/mol. The van der Waals surface area contributed by atoms with Gasteiger partial charge < -0.3 is 5.32 Å². The zero-order valence-corrected chi connectivity index (χ0v) is 13.3. The molecule has 1 amide bonds. The summed E-state index contributed by atoms with van der Waals surface area (Å²) in [4.78, 5) is 14.3. The van der Waals surface area contributed by atoms with Gasteiger partial charge in [-0.3, -0.25) is 9.69 Å². The molecule has 5 heteroatoms. The lowest BCUT2D eigenvalue weighted by molar-refractivity contribution is -0.118. The minimum absolute atomic E-state index is 0.0467. The van der Waals surface area contributed by atoms with Crippen LogP contribution in [0.15, 0.2) is 42.5 Å². The lowest BCUT2D eigenvalue weighted by atomic mass is 10.1. The Labute approximate surface area is 133 Å². The zero-order valence-electron chi connectivity index (χ0n) is 11.7. The molecule has 1 aliphatic heterocycles. The van der Waals surface area contributed by atoms with Gasteiger partial charge >= 0.3 is 0 Å². The highest BCUT2D eigenvalue weighted by molar-refractivity contribution is 7.98. The topological polar surface area (TPSA) is 32.3 Å². The standard InChI is InChI=1S/C16H16N2OS2/c1-21-10-9-13-15(19)18(16(20)17-13)14-8-4-6-11-5-2-3-7-12(11)14/h2-8,13H,9-10H2,1H3,(H,17,20)/t13-/m0/s1. The number of anilines is 1. The number of nitrogens with one attached hydrogen (secondary N) is 1. The number of hydrogen-bond acceptors (Lipinski definition) is 3. The third-order valence-corrected chi connectivity index (χ3v) is 4.58. The molecule has 108 valence electrons. The van der Waals surface area contributed by atoms with Crippen LogP contribution in [0.1, 0.15) is 6.42 Å². The van der Waals surface area contributed by atoms with Crippen molar-refractivity contribution in [1.82, 2.24) is 5.32 Å². The average Bonchev–Trinajstić information content (AvgIpc) is 2.79. The molecule has 21 heavy (non-hydrogen) atoms. The van der Waals surface area contributed by atoms with E-state index >= 15 is 0 Å². The minimum Gasteiger partial charge on any atom is -0.350 e. The van der Waals surface area contributed by atoms with Crippen LogP contribution in [-0.2, 0) is 4.79 Å². The molecule has 0 aromatic heterocycles. The Kier molecular flexibility index (Phi) is 4.12. The first-order valence-electron chi connectivity index (χ1n) is 6.83. The van der Waals surface area contributed by atoms with Crippen LogP contribution in [0.25, 0.3) is 10.8 Å². The van der Waals surface area contributed by atoms with E-state index in [0.29, 0.717) is 5.11 Å². The van der Waals surface area contributed by atoms with Gasteiger partial charge in [-0.2, -0.15) is 11.8 Å². The fraction of sp³-hybridized carbons (Fsp3) is 0.250. The van der Waals surface area contributed by atoms with Crippen LogP contribution in [-0.4, -0.2) is 29.1 Å². The highest BCUT2D eigenvalue weighted by Crippen LogP contribution is 2.29. The van der Waals surface area contributed by atoms with Crippen molar-refractivity contribution in [3.8, 4) is 0 Å². The lowest BCUT2D eigenvalue weighted by Gasteiger charge is -2.17. The molecule has 0 unspecified atom stereocenters. The number of hydrogen-bond donors (Lipinski definition) is 1. The van der Waals surface area contributed by atoms with E-state index in [1.807, 2.05) is 48.7 Å². The van der Waals surface area contributed by atoms with Crippen LogP contribution in [0.2, 0.25) is 0 Å².